The average Bonchev–Trinajstić information content (AvgIpc) is 4.07. The van der Waals surface area contributed by atoms with Crippen LogP contribution in [0.3, 0.4) is 0 Å². The minimum Gasteiger partial charge on any atom is -0.491 e. The Morgan fingerprint density at radius 2 is 1.43 bits per heavy atom. The van der Waals surface area contributed by atoms with Crippen molar-refractivity contribution < 1.29 is 52.5 Å². The Labute approximate surface area is 465 Å². The number of nitrogens with one attached hydrogen (secondary N) is 4. The smallest absolute Gasteiger partial charge is 0.264 e. The number of anilines is 1. The fourth-order valence-corrected chi connectivity index (χ4v) is 11.8. The van der Waals surface area contributed by atoms with Gasteiger partial charge in [0.1, 0.15) is 42.3 Å². The van der Waals surface area contributed by atoms with Crippen molar-refractivity contribution in [1.82, 2.24) is 30.7 Å². The van der Waals surface area contributed by atoms with Gasteiger partial charge in [0.2, 0.25) is 23.6 Å². The third kappa shape index (κ3) is 15.3. The zero-order valence-electron chi connectivity index (χ0n) is 46.6. The van der Waals surface area contributed by atoms with E-state index in [1.54, 1.807) is 37.1 Å². The summed E-state index contributed by atoms with van der Waals surface area (Å²) in [6, 6.07) is 17.7. The number of nitrogens with zero attached hydrogens (tertiary/aromatic N) is 3. The van der Waals surface area contributed by atoms with E-state index < -0.39 is 48.0 Å². The Kier molecular flexibility index (Phi) is 21.7. The molecule has 4 N–H and O–H groups in total. The Balaban J connectivity index is 0.695. The lowest BCUT2D eigenvalue weighted by Gasteiger charge is -2.35. The first-order chi connectivity index (χ1) is 38.4. The number of likely N-dealkylation sites (tertiary alicyclic amines) is 2. The number of benzene rings is 3. The summed E-state index contributed by atoms with van der Waals surface area (Å²) < 4.78 is 24.4. The summed E-state index contributed by atoms with van der Waals surface area (Å²) in [5, 5.41) is 12.7. The van der Waals surface area contributed by atoms with Crippen molar-refractivity contribution in [2.24, 2.45) is 5.92 Å². The van der Waals surface area contributed by atoms with Crippen LogP contribution in [0.5, 0.6) is 11.5 Å². The maximum Gasteiger partial charge on any atom is 0.264 e. The van der Waals surface area contributed by atoms with Gasteiger partial charge in [0.25, 0.3) is 17.7 Å². The summed E-state index contributed by atoms with van der Waals surface area (Å²) in [4.78, 5) is 97.6. The fourth-order valence-electron chi connectivity index (χ4n) is 11.8. The lowest BCUT2D eigenvalue weighted by atomic mass is 9.83. The molecule has 18 heteroatoms. The Morgan fingerprint density at radius 3 is 2.19 bits per heavy atom. The Hall–Kier alpha value is -6.37. The third-order valence-electron chi connectivity index (χ3n) is 16.4. The monoisotopic (exact) mass is 1090 g/mol. The molecule has 18 nitrogen and oxygen atoms in total. The zero-order valence-corrected chi connectivity index (χ0v) is 46.6. The van der Waals surface area contributed by atoms with Crippen molar-refractivity contribution in [3.63, 3.8) is 0 Å². The lowest BCUT2D eigenvalue weighted by Crippen LogP contribution is -2.58. The van der Waals surface area contributed by atoms with Gasteiger partial charge in [0, 0.05) is 58.0 Å². The highest BCUT2D eigenvalue weighted by Gasteiger charge is 2.48. The molecule has 8 rings (SSSR count). The normalized spacial score (nSPS) is 21.1. The molecule has 3 aromatic carbocycles. The number of hydrogen-bond donors (Lipinski definition) is 4. The number of fused-ring (bicyclic) bond motifs is 2. The summed E-state index contributed by atoms with van der Waals surface area (Å²) in [7, 11) is 3.11. The predicted molar refractivity (Wildman–Crippen MR) is 299 cm³/mol. The number of unbranched alkanes of at least 4 members (excludes halogenated alkanes) is 6. The molecule has 3 aliphatic heterocycles. The van der Waals surface area contributed by atoms with Gasteiger partial charge in [-0.15, -0.1) is 0 Å². The van der Waals surface area contributed by atoms with Crippen molar-refractivity contribution in [2.45, 2.75) is 165 Å². The quantitative estimate of drug-likeness (QED) is 0.0398. The number of hydrogen-bond acceptors (Lipinski definition) is 13. The molecule has 3 heterocycles. The number of imide groups is 2. The van der Waals surface area contributed by atoms with E-state index in [2.05, 4.69) is 33.4 Å². The van der Waals surface area contributed by atoms with Gasteiger partial charge in [-0.25, -0.2) is 0 Å². The maximum atomic E-state index is 14.8. The molecule has 428 valence electrons. The van der Waals surface area contributed by atoms with Gasteiger partial charge in [-0.2, -0.15) is 0 Å². The van der Waals surface area contributed by atoms with Crippen LogP contribution in [0.15, 0.2) is 66.7 Å². The number of carbonyl (C=O) groups excluding carboxylic acids is 7. The minimum absolute atomic E-state index is 0.0167. The molecule has 3 fully saturated rings. The van der Waals surface area contributed by atoms with E-state index in [9.17, 15) is 33.6 Å². The van der Waals surface area contributed by atoms with E-state index in [1.807, 2.05) is 36.4 Å². The molecular weight excluding hydrogens is 1010 g/mol. The van der Waals surface area contributed by atoms with Gasteiger partial charge in [0.05, 0.1) is 36.4 Å². The molecule has 5 aliphatic rings. The molecule has 0 spiro atoms. The van der Waals surface area contributed by atoms with Crippen LogP contribution in [0.1, 0.15) is 160 Å². The van der Waals surface area contributed by atoms with Crippen molar-refractivity contribution in [2.75, 3.05) is 65.5 Å². The highest BCUT2D eigenvalue weighted by atomic mass is 16.5. The molecule has 2 aliphatic carbocycles. The van der Waals surface area contributed by atoms with E-state index in [-0.39, 0.29) is 66.1 Å². The average molecular weight is 1090 g/mol. The number of likely N-dealkylation sites (N-methyl/N-ethyl adjacent to an activating group) is 2. The second-order valence-electron chi connectivity index (χ2n) is 21.9. The minimum atomic E-state index is -0.976. The van der Waals surface area contributed by atoms with Crippen LogP contribution < -0.4 is 30.7 Å². The number of rotatable bonds is 29. The number of carbonyl (C=O) groups is 7. The molecular formula is C61H83N7O11. The van der Waals surface area contributed by atoms with Crippen molar-refractivity contribution >= 4 is 47.0 Å². The Morgan fingerprint density at radius 1 is 0.722 bits per heavy atom. The van der Waals surface area contributed by atoms with Crippen molar-refractivity contribution in [3.8, 4) is 11.5 Å². The molecule has 7 amide bonds. The van der Waals surface area contributed by atoms with Crippen molar-refractivity contribution in [3.05, 3.63) is 89.0 Å². The summed E-state index contributed by atoms with van der Waals surface area (Å²) in [6.07, 6.45) is 15.5. The largest absolute Gasteiger partial charge is 0.491 e. The van der Waals surface area contributed by atoms with Crippen molar-refractivity contribution in [1.29, 1.82) is 0 Å². The van der Waals surface area contributed by atoms with Crippen LogP contribution in [-0.4, -0.2) is 147 Å². The SMILES string of the molecule is CN[C@@H](C)C(=O)N[C@H](C(=O)N1C[C@@H](Oc2cccc(OCCOCCCCCCOCCCCCCNc3cccc4c3C(=O)N(C3CCC(=O)N(C)C3=O)C4=O)c2)C[C@H]1C(=O)N[C@@H]1CCCc2ccccc21)C1CCCCC1. The van der Waals surface area contributed by atoms with E-state index >= 15 is 0 Å². The fraction of sp³-hybridized carbons (Fsp3) is 0.590. The molecule has 0 bridgehead atoms. The molecule has 1 saturated carbocycles. The van der Waals surface area contributed by atoms with Gasteiger partial charge in [-0.05, 0) is 119 Å². The number of piperidine rings is 1. The summed E-state index contributed by atoms with van der Waals surface area (Å²) >= 11 is 0. The molecule has 6 atom stereocenters. The summed E-state index contributed by atoms with van der Waals surface area (Å²) in [5.74, 6) is -1.32. The van der Waals surface area contributed by atoms with E-state index in [0.29, 0.717) is 56.6 Å². The number of aryl methyl sites for hydroxylation is 1. The van der Waals surface area contributed by atoms with E-state index in [0.717, 1.165) is 125 Å². The van der Waals surface area contributed by atoms with Crippen LogP contribution in [-0.2, 0) is 39.9 Å². The van der Waals surface area contributed by atoms with Gasteiger partial charge >= 0.3 is 0 Å². The third-order valence-corrected chi connectivity index (χ3v) is 16.4. The summed E-state index contributed by atoms with van der Waals surface area (Å²) in [6.45, 7) is 5.51. The second-order valence-corrected chi connectivity index (χ2v) is 21.9. The molecule has 79 heavy (non-hydrogen) atoms. The standard InChI is InChI=1S/C61H83N7O11/c1-41(62-2)56(70)65-55(43-21-9-8-10-22-43)61(75)67-40-46(39-52(67)57(71)64-49-28-17-23-42-20-11-12-26-47(42)49)79-45-25-18-24-44(38-45)78-37-36-77-35-16-7-6-15-34-76-33-14-5-4-13-32-63-50-29-19-27-48-54(50)60(74)68(58(48)72)51-30-31-53(69)66(3)59(51)73/h11-12,18-20,24-27,29,38,41,43,46,49,51-52,55,62-63H,4-10,13-17,21-23,28,30-37,39-40H2,1-3H3,(H,64,71)(H,65,70)/t41-,46-,49+,51?,52-,55-/m0/s1. The van der Waals surface area contributed by atoms with Crippen LogP contribution >= 0.6 is 0 Å². The van der Waals surface area contributed by atoms with Gasteiger partial charge < -0.3 is 45.1 Å². The summed E-state index contributed by atoms with van der Waals surface area (Å²) in [5.41, 5.74) is 3.50. The van der Waals surface area contributed by atoms with Crippen LogP contribution in [0.25, 0.3) is 0 Å². The van der Waals surface area contributed by atoms with E-state index in [1.165, 1.54) is 12.6 Å². The van der Waals surface area contributed by atoms with Crippen LogP contribution in [0.4, 0.5) is 5.69 Å². The van der Waals surface area contributed by atoms with Gasteiger partial charge in [0.15, 0.2) is 0 Å². The lowest BCUT2D eigenvalue weighted by molar-refractivity contribution is -0.149. The highest BCUT2D eigenvalue weighted by Crippen LogP contribution is 2.36. The maximum absolute atomic E-state index is 14.8. The molecule has 0 radical (unpaired) electrons. The molecule has 2 saturated heterocycles. The first kappa shape index (κ1) is 58.8. The van der Waals surface area contributed by atoms with Crippen LogP contribution in [0, 0.1) is 5.92 Å². The van der Waals surface area contributed by atoms with Crippen LogP contribution in [0.2, 0.25) is 0 Å². The van der Waals surface area contributed by atoms with Gasteiger partial charge in [-0.1, -0.05) is 81.3 Å². The highest BCUT2D eigenvalue weighted by molar-refractivity contribution is 6.25. The molecule has 0 aromatic heterocycles. The number of ether oxygens (including phenoxy) is 4. The molecule has 3 aromatic rings. The second kappa shape index (κ2) is 29.2. The first-order valence-electron chi connectivity index (χ1n) is 29.2. The molecule has 1 unspecified atom stereocenters. The van der Waals surface area contributed by atoms with Gasteiger partial charge in [-0.3, -0.25) is 43.4 Å². The predicted octanol–water partition coefficient (Wildman–Crippen LogP) is 7.29. The van der Waals surface area contributed by atoms with E-state index in [4.69, 9.17) is 18.9 Å². The topological polar surface area (TPSA) is 214 Å². The zero-order chi connectivity index (χ0) is 55.7. The number of amides is 7. The first-order valence-corrected chi connectivity index (χ1v) is 29.2. The Bertz CT molecular complexity index is 2590.